The Hall–Kier alpha value is -1.57. The summed E-state index contributed by atoms with van der Waals surface area (Å²) in [5, 5.41) is 0. The third-order valence-corrected chi connectivity index (χ3v) is 5.79. The van der Waals surface area contributed by atoms with E-state index in [4.69, 9.17) is 0 Å². The van der Waals surface area contributed by atoms with Crippen LogP contribution in [0.2, 0.25) is 0 Å². The second-order valence-electron chi connectivity index (χ2n) is 5.15. The van der Waals surface area contributed by atoms with Gasteiger partial charge in [0.05, 0.1) is 0 Å². The Morgan fingerprint density at radius 1 is 0.947 bits per heavy atom. The molecular weight excluding hydrogens is 301 g/mol. The predicted octanol–water partition coefficient (Wildman–Crippen LogP) is 2.26. The van der Waals surface area contributed by atoms with E-state index < -0.39 is 5.41 Å². The second-order valence-corrected chi connectivity index (χ2v) is 7.22. The van der Waals surface area contributed by atoms with Gasteiger partial charge in [-0.1, -0.05) is 0 Å². The van der Waals surface area contributed by atoms with E-state index in [0.29, 0.717) is 0 Å². The Balaban J connectivity index is 2.11. The van der Waals surface area contributed by atoms with Crippen molar-refractivity contribution in [3.63, 3.8) is 0 Å². The fourth-order valence-electron chi connectivity index (χ4n) is 2.30. The van der Waals surface area contributed by atoms with Crippen LogP contribution in [0, 0.1) is 0 Å². The van der Waals surface area contributed by atoms with Crippen molar-refractivity contribution in [3.05, 3.63) is 60.2 Å². The van der Waals surface area contributed by atoms with Crippen LogP contribution in [0.4, 0.5) is 5.69 Å². The van der Waals surface area contributed by atoms with Gasteiger partial charge in [-0.2, -0.15) is 0 Å². The summed E-state index contributed by atoms with van der Waals surface area (Å²) in [5.41, 5.74) is 1.72. The van der Waals surface area contributed by atoms with Crippen molar-refractivity contribution in [1.82, 2.24) is 0 Å². The monoisotopic (exact) mass is 317 g/mol. The molecule has 0 saturated carbocycles. The van der Waals surface area contributed by atoms with Crippen molar-refractivity contribution in [2.24, 2.45) is 0 Å². The molecule has 2 nitrogen and oxygen atoms in total. The van der Waals surface area contributed by atoms with E-state index in [0.717, 1.165) is 5.69 Å². The summed E-state index contributed by atoms with van der Waals surface area (Å²) < 4.78 is 3.23. The van der Waals surface area contributed by atoms with Gasteiger partial charge < -0.3 is 0 Å². The molecule has 0 unspecified atom stereocenters. The zero-order valence-electron chi connectivity index (χ0n) is 11.0. The third-order valence-electron chi connectivity index (χ3n) is 3.46. The van der Waals surface area contributed by atoms with Gasteiger partial charge in [0, 0.05) is 0 Å². The van der Waals surface area contributed by atoms with E-state index in [1.807, 2.05) is 54.2 Å². The molecule has 1 heterocycles. The molecule has 0 saturated heterocycles. The first-order valence-corrected chi connectivity index (χ1v) is 7.90. The molecule has 0 aliphatic carbocycles. The quantitative estimate of drug-likeness (QED) is 0.739. The van der Waals surface area contributed by atoms with Crippen molar-refractivity contribution in [2.75, 3.05) is 3.92 Å². The number of benzene rings is 2. The SMILES string of the molecule is CC1(C)C(=O)N(c2ccccc2)[Se]c2ccccc21. The van der Waals surface area contributed by atoms with Crippen LogP contribution in [0.15, 0.2) is 54.6 Å². The molecule has 1 aliphatic heterocycles. The van der Waals surface area contributed by atoms with Crippen molar-refractivity contribution in [3.8, 4) is 0 Å². The number of hydrogen-bond acceptors (Lipinski definition) is 1. The Morgan fingerprint density at radius 2 is 1.58 bits per heavy atom. The van der Waals surface area contributed by atoms with Gasteiger partial charge in [-0.25, -0.2) is 0 Å². The molecule has 2 aromatic carbocycles. The van der Waals surface area contributed by atoms with E-state index in [9.17, 15) is 4.79 Å². The molecule has 0 atom stereocenters. The van der Waals surface area contributed by atoms with E-state index in [-0.39, 0.29) is 21.1 Å². The van der Waals surface area contributed by atoms with Crippen LogP contribution in [-0.4, -0.2) is 21.1 Å². The molecule has 0 N–H and O–H groups in total. The van der Waals surface area contributed by atoms with Crippen LogP contribution in [0.1, 0.15) is 19.4 Å². The number of fused-ring (bicyclic) bond motifs is 1. The number of rotatable bonds is 1. The maximum atomic E-state index is 12.8. The number of hydrogen-bond donors (Lipinski definition) is 0. The van der Waals surface area contributed by atoms with Gasteiger partial charge >= 0.3 is 119 Å². The van der Waals surface area contributed by atoms with Crippen LogP contribution in [0.25, 0.3) is 0 Å². The topological polar surface area (TPSA) is 20.3 Å². The first-order valence-electron chi connectivity index (χ1n) is 6.28. The first-order chi connectivity index (χ1) is 9.10. The summed E-state index contributed by atoms with van der Waals surface area (Å²) in [4.78, 5) is 12.8. The zero-order valence-corrected chi connectivity index (χ0v) is 12.7. The Bertz CT molecular complexity index is 622. The fourth-order valence-corrected chi connectivity index (χ4v) is 5.02. The summed E-state index contributed by atoms with van der Waals surface area (Å²) in [7, 11) is 0. The average molecular weight is 316 g/mol. The minimum absolute atomic E-state index is 0.0184. The van der Waals surface area contributed by atoms with Gasteiger partial charge in [-0.3, -0.25) is 0 Å². The summed E-state index contributed by atoms with van der Waals surface area (Å²) in [6.45, 7) is 4.03. The van der Waals surface area contributed by atoms with Crippen molar-refractivity contribution < 1.29 is 4.79 Å². The maximum absolute atomic E-state index is 12.8. The molecular formula is C16H15NOSe. The molecule has 0 spiro atoms. The molecule has 0 aromatic heterocycles. The first kappa shape index (κ1) is 12.5. The molecule has 19 heavy (non-hydrogen) atoms. The van der Waals surface area contributed by atoms with Crippen LogP contribution in [0.5, 0.6) is 0 Å². The van der Waals surface area contributed by atoms with Gasteiger partial charge in [-0.05, 0) is 0 Å². The molecule has 1 aliphatic rings. The van der Waals surface area contributed by atoms with Crippen LogP contribution in [-0.2, 0) is 10.2 Å². The van der Waals surface area contributed by atoms with Crippen molar-refractivity contribution in [1.29, 1.82) is 0 Å². The van der Waals surface area contributed by atoms with E-state index in [1.165, 1.54) is 10.0 Å². The summed E-state index contributed by atoms with van der Waals surface area (Å²) in [5.74, 6) is 0.192. The van der Waals surface area contributed by atoms with Gasteiger partial charge in [0.2, 0.25) is 0 Å². The van der Waals surface area contributed by atoms with Gasteiger partial charge in [0.15, 0.2) is 0 Å². The number of carbonyl (C=O) groups excluding carboxylic acids is 1. The van der Waals surface area contributed by atoms with Crippen LogP contribution < -0.4 is 8.38 Å². The number of para-hydroxylation sites is 1. The van der Waals surface area contributed by atoms with Crippen LogP contribution >= 0.6 is 0 Å². The molecule has 0 bridgehead atoms. The van der Waals surface area contributed by atoms with Crippen molar-refractivity contribution >= 4 is 31.2 Å². The Labute approximate surface area is 119 Å². The minimum atomic E-state index is -0.452. The molecule has 0 radical (unpaired) electrons. The standard InChI is InChI=1S/C16H15NOSe/c1-16(2)13-10-6-7-11-14(13)19-17(15(16)18)12-8-4-3-5-9-12/h3-11H,1-2H3. The number of nitrogens with zero attached hydrogens (tertiary/aromatic N) is 1. The molecule has 3 rings (SSSR count). The fraction of sp³-hybridized carbons (Fsp3) is 0.188. The predicted molar refractivity (Wildman–Crippen MR) is 78.8 cm³/mol. The number of amides is 1. The Morgan fingerprint density at radius 3 is 2.32 bits per heavy atom. The summed E-state index contributed by atoms with van der Waals surface area (Å²) in [6.07, 6.45) is 0. The molecule has 2 aromatic rings. The second kappa shape index (κ2) is 4.52. The third kappa shape index (κ3) is 1.99. The summed E-state index contributed by atoms with van der Waals surface area (Å²) in [6, 6.07) is 18.2. The molecule has 3 heteroatoms. The van der Waals surface area contributed by atoms with Gasteiger partial charge in [-0.15, -0.1) is 0 Å². The Kier molecular flexibility index (Phi) is 2.96. The number of carbonyl (C=O) groups is 1. The zero-order chi connectivity index (χ0) is 13.5. The molecule has 96 valence electrons. The summed E-state index contributed by atoms with van der Waals surface area (Å²) >= 11 is 0.0184. The normalized spacial score (nSPS) is 17.2. The van der Waals surface area contributed by atoms with E-state index in [2.05, 4.69) is 18.2 Å². The van der Waals surface area contributed by atoms with Crippen molar-refractivity contribution in [2.45, 2.75) is 19.3 Å². The van der Waals surface area contributed by atoms with E-state index in [1.54, 1.807) is 0 Å². The van der Waals surface area contributed by atoms with Gasteiger partial charge in [0.1, 0.15) is 0 Å². The molecule has 0 fully saturated rings. The van der Waals surface area contributed by atoms with Crippen LogP contribution in [0.3, 0.4) is 0 Å². The average Bonchev–Trinajstić information content (AvgIpc) is 2.44. The van der Waals surface area contributed by atoms with Gasteiger partial charge in [0.25, 0.3) is 0 Å². The van der Waals surface area contributed by atoms with E-state index >= 15 is 0 Å². The molecule has 1 amide bonds. The number of anilines is 1.